The van der Waals surface area contributed by atoms with Crippen LogP contribution in [0.4, 0.5) is 5.13 Å². The molecule has 0 atom stereocenters. The molecule has 3 nitrogen and oxygen atoms in total. The molecule has 0 aliphatic rings. The van der Waals surface area contributed by atoms with Crippen LogP contribution in [0.25, 0.3) is 0 Å². The fourth-order valence-electron chi connectivity index (χ4n) is 1.36. The third-order valence-electron chi connectivity index (χ3n) is 2.32. The molecule has 0 bridgehead atoms. The van der Waals surface area contributed by atoms with Gasteiger partial charge in [0.25, 0.3) is 0 Å². The van der Waals surface area contributed by atoms with Gasteiger partial charge in [0.15, 0.2) is 0 Å². The Morgan fingerprint density at radius 2 is 1.89 bits per heavy atom. The average molecular weight is 323 g/mol. The maximum atomic E-state index is 6.11. The molecular formula is C11H10Cl3N3S. The van der Waals surface area contributed by atoms with Crippen LogP contribution in [0.15, 0.2) is 12.1 Å². The molecule has 0 aliphatic carbocycles. The molecule has 0 fully saturated rings. The molecular weight excluding hydrogens is 313 g/mol. The Bertz CT molecular complexity index is 556. The van der Waals surface area contributed by atoms with E-state index in [0.717, 1.165) is 22.1 Å². The van der Waals surface area contributed by atoms with Crippen LogP contribution in [0.3, 0.4) is 0 Å². The van der Waals surface area contributed by atoms with Gasteiger partial charge >= 0.3 is 0 Å². The lowest BCUT2D eigenvalue weighted by Gasteiger charge is -2.08. The Hall–Kier alpha value is -0.550. The predicted molar refractivity (Wildman–Crippen MR) is 78.1 cm³/mol. The summed E-state index contributed by atoms with van der Waals surface area (Å²) < 4.78 is 0. The molecule has 1 aromatic heterocycles. The van der Waals surface area contributed by atoms with Crippen molar-refractivity contribution in [2.45, 2.75) is 19.9 Å². The van der Waals surface area contributed by atoms with Crippen LogP contribution in [-0.4, -0.2) is 10.2 Å². The van der Waals surface area contributed by atoms with E-state index in [9.17, 15) is 0 Å². The van der Waals surface area contributed by atoms with E-state index in [2.05, 4.69) is 15.5 Å². The molecule has 2 rings (SSSR count). The van der Waals surface area contributed by atoms with Gasteiger partial charge in [-0.1, -0.05) is 53.1 Å². The van der Waals surface area contributed by atoms with Gasteiger partial charge in [-0.3, -0.25) is 0 Å². The summed E-state index contributed by atoms with van der Waals surface area (Å²) in [5.41, 5.74) is 0.763. The topological polar surface area (TPSA) is 37.8 Å². The van der Waals surface area contributed by atoms with Gasteiger partial charge < -0.3 is 5.32 Å². The normalized spacial score (nSPS) is 10.7. The minimum atomic E-state index is 0.469. The van der Waals surface area contributed by atoms with E-state index < -0.39 is 0 Å². The summed E-state index contributed by atoms with van der Waals surface area (Å²) in [5, 5.41) is 14.5. The number of anilines is 1. The summed E-state index contributed by atoms with van der Waals surface area (Å²) in [6, 6.07) is 3.40. The Kier molecular flexibility index (Phi) is 4.67. The van der Waals surface area contributed by atoms with Crippen molar-refractivity contribution in [2.24, 2.45) is 0 Å². The number of aromatic nitrogens is 2. The standard InChI is InChI=1S/C11H10Cl3N3S/c1-2-9-16-17-11(18-9)15-5-6-7(12)3-4-8(13)10(6)14/h3-4H,2,5H2,1H3,(H,15,17). The first kappa shape index (κ1) is 13.9. The minimum Gasteiger partial charge on any atom is -0.356 e. The van der Waals surface area contributed by atoms with E-state index in [-0.39, 0.29) is 0 Å². The summed E-state index contributed by atoms with van der Waals surface area (Å²) in [5.74, 6) is 0. The molecule has 2 aromatic rings. The third kappa shape index (κ3) is 3.06. The highest BCUT2D eigenvalue weighted by atomic mass is 35.5. The van der Waals surface area contributed by atoms with Gasteiger partial charge in [0.1, 0.15) is 5.01 Å². The van der Waals surface area contributed by atoms with Crippen molar-refractivity contribution in [3.8, 4) is 0 Å². The van der Waals surface area contributed by atoms with Crippen molar-refractivity contribution in [1.29, 1.82) is 0 Å². The molecule has 0 amide bonds. The number of hydrogen-bond acceptors (Lipinski definition) is 4. The van der Waals surface area contributed by atoms with Gasteiger partial charge in [-0.05, 0) is 18.6 Å². The quantitative estimate of drug-likeness (QED) is 0.831. The number of nitrogens with zero attached hydrogens (tertiary/aromatic N) is 2. The highest BCUT2D eigenvalue weighted by Gasteiger charge is 2.10. The molecule has 18 heavy (non-hydrogen) atoms. The van der Waals surface area contributed by atoms with E-state index >= 15 is 0 Å². The van der Waals surface area contributed by atoms with Crippen LogP contribution >= 0.6 is 46.1 Å². The summed E-state index contributed by atoms with van der Waals surface area (Å²) in [6.45, 7) is 2.51. The summed E-state index contributed by atoms with van der Waals surface area (Å²) >= 11 is 19.7. The Morgan fingerprint density at radius 3 is 2.56 bits per heavy atom. The highest BCUT2D eigenvalue weighted by molar-refractivity contribution is 7.15. The van der Waals surface area contributed by atoms with Gasteiger partial charge in [-0.15, -0.1) is 10.2 Å². The predicted octanol–water partition coefficient (Wildman–Crippen LogP) is 4.67. The lowest BCUT2D eigenvalue weighted by Crippen LogP contribution is -2.00. The maximum Gasteiger partial charge on any atom is 0.205 e. The maximum absolute atomic E-state index is 6.11. The van der Waals surface area contributed by atoms with Crippen LogP contribution in [0.5, 0.6) is 0 Å². The Labute approximate surface area is 124 Å². The minimum absolute atomic E-state index is 0.469. The number of rotatable bonds is 4. The first-order valence-corrected chi connectivity index (χ1v) is 7.25. The van der Waals surface area contributed by atoms with E-state index in [1.54, 1.807) is 12.1 Å². The van der Waals surface area contributed by atoms with E-state index in [0.29, 0.717) is 21.6 Å². The van der Waals surface area contributed by atoms with Crippen molar-refractivity contribution < 1.29 is 0 Å². The molecule has 96 valence electrons. The first-order chi connectivity index (χ1) is 8.61. The van der Waals surface area contributed by atoms with Crippen LogP contribution in [0, 0.1) is 0 Å². The monoisotopic (exact) mass is 321 g/mol. The third-order valence-corrected chi connectivity index (χ3v) is 4.55. The molecule has 7 heteroatoms. The van der Waals surface area contributed by atoms with Crippen molar-refractivity contribution in [2.75, 3.05) is 5.32 Å². The summed E-state index contributed by atoms with van der Waals surface area (Å²) in [4.78, 5) is 0. The molecule has 0 spiro atoms. The zero-order valence-electron chi connectivity index (χ0n) is 9.51. The fourth-order valence-corrected chi connectivity index (χ4v) is 2.72. The van der Waals surface area contributed by atoms with Crippen LogP contribution < -0.4 is 5.32 Å². The second kappa shape index (κ2) is 6.06. The molecule has 0 unspecified atom stereocenters. The number of nitrogens with one attached hydrogen (secondary N) is 1. The number of halogens is 3. The Morgan fingerprint density at radius 1 is 1.17 bits per heavy atom. The van der Waals surface area contributed by atoms with E-state index in [1.165, 1.54) is 11.3 Å². The van der Waals surface area contributed by atoms with Gasteiger partial charge in [0.2, 0.25) is 5.13 Å². The lowest BCUT2D eigenvalue weighted by molar-refractivity contribution is 0.975. The van der Waals surface area contributed by atoms with Crippen molar-refractivity contribution in [1.82, 2.24) is 10.2 Å². The molecule has 0 radical (unpaired) electrons. The molecule has 1 N–H and O–H groups in total. The molecule has 1 heterocycles. The molecule has 0 aliphatic heterocycles. The number of aryl methyl sites for hydroxylation is 1. The average Bonchev–Trinajstić information content (AvgIpc) is 2.82. The number of hydrogen-bond donors (Lipinski definition) is 1. The zero-order chi connectivity index (χ0) is 13.1. The van der Waals surface area contributed by atoms with Crippen molar-refractivity contribution >= 4 is 51.3 Å². The van der Waals surface area contributed by atoms with Gasteiger partial charge in [-0.25, -0.2) is 0 Å². The second-order valence-corrected chi connectivity index (χ2v) is 5.78. The molecule has 0 saturated heterocycles. The van der Waals surface area contributed by atoms with Gasteiger partial charge in [0, 0.05) is 17.1 Å². The highest BCUT2D eigenvalue weighted by Crippen LogP contribution is 2.32. The second-order valence-electron chi connectivity index (χ2n) is 3.53. The SMILES string of the molecule is CCc1nnc(NCc2c(Cl)ccc(Cl)c2Cl)s1. The van der Waals surface area contributed by atoms with Crippen molar-refractivity contribution in [3.05, 3.63) is 37.8 Å². The number of benzene rings is 1. The van der Waals surface area contributed by atoms with Crippen LogP contribution in [0.1, 0.15) is 17.5 Å². The lowest BCUT2D eigenvalue weighted by atomic mass is 10.2. The first-order valence-electron chi connectivity index (χ1n) is 5.30. The largest absolute Gasteiger partial charge is 0.356 e. The fraction of sp³-hybridized carbons (Fsp3) is 0.273. The van der Waals surface area contributed by atoms with E-state index in [4.69, 9.17) is 34.8 Å². The van der Waals surface area contributed by atoms with Crippen LogP contribution in [0.2, 0.25) is 15.1 Å². The summed E-state index contributed by atoms with van der Waals surface area (Å²) in [6.07, 6.45) is 0.873. The zero-order valence-corrected chi connectivity index (χ0v) is 12.6. The van der Waals surface area contributed by atoms with Crippen LogP contribution in [-0.2, 0) is 13.0 Å². The molecule has 1 aromatic carbocycles. The van der Waals surface area contributed by atoms with E-state index in [1.807, 2.05) is 6.92 Å². The molecule has 0 saturated carbocycles. The smallest absolute Gasteiger partial charge is 0.205 e. The van der Waals surface area contributed by atoms with Gasteiger partial charge in [-0.2, -0.15) is 0 Å². The Balaban J connectivity index is 2.12. The van der Waals surface area contributed by atoms with Crippen molar-refractivity contribution in [3.63, 3.8) is 0 Å². The summed E-state index contributed by atoms with van der Waals surface area (Å²) in [7, 11) is 0. The van der Waals surface area contributed by atoms with Gasteiger partial charge in [0.05, 0.1) is 10.0 Å².